The zero-order chi connectivity index (χ0) is 17.4. The minimum Gasteiger partial charge on any atom is -0.497 e. The van der Waals surface area contributed by atoms with Crippen LogP contribution in [0.4, 0.5) is 5.69 Å². The number of hydrogen-bond donors (Lipinski definition) is 1. The van der Waals surface area contributed by atoms with Crippen molar-refractivity contribution >= 4 is 23.0 Å². The summed E-state index contributed by atoms with van der Waals surface area (Å²) >= 11 is 5.51. The van der Waals surface area contributed by atoms with E-state index in [-0.39, 0.29) is 0 Å². The van der Waals surface area contributed by atoms with Gasteiger partial charge in [-0.25, -0.2) is 0 Å². The van der Waals surface area contributed by atoms with Crippen LogP contribution in [-0.4, -0.2) is 24.2 Å². The number of rotatable bonds is 7. The molecule has 2 rings (SSSR count). The first-order valence-electron chi connectivity index (χ1n) is 8.36. The fraction of sp³-hybridized carbons (Fsp3) is 0.350. The molecule has 0 bridgehead atoms. The summed E-state index contributed by atoms with van der Waals surface area (Å²) in [5.41, 5.74) is 3.56. The molecule has 0 amide bonds. The van der Waals surface area contributed by atoms with Gasteiger partial charge in [0.05, 0.1) is 7.11 Å². The van der Waals surface area contributed by atoms with Crippen molar-refractivity contribution in [2.75, 3.05) is 19.5 Å². The topological polar surface area (TPSA) is 24.5 Å². The molecule has 0 radical (unpaired) electrons. The highest BCUT2D eigenvalue weighted by Gasteiger charge is 2.06. The first kappa shape index (κ1) is 18.3. The fourth-order valence-corrected chi connectivity index (χ4v) is 2.65. The Balaban J connectivity index is 1.90. The number of nitrogens with zero attached hydrogens (tertiary/aromatic N) is 1. The Bertz CT molecular complexity index is 655. The molecule has 0 aliphatic heterocycles. The molecule has 0 fully saturated rings. The van der Waals surface area contributed by atoms with Crippen molar-refractivity contribution in [2.24, 2.45) is 0 Å². The standard InChI is InChI=1S/C20H26N2OS/c1-4-5-7-16-10-12-18(13-11-16)21-20(24)22(2)15-17-8-6-9-19(14-17)23-3/h6,8-14H,4-5,7,15H2,1-3H3,(H,21,24). The highest BCUT2D eigenvalue weighted by molar-refractivity contribution is 7.80. The molecule has 0 aromatic heterocycles. The predicted molar refractivity (Wildman–Crippen MR) is 106 cm³/mol. The Labute approximate surface area is 150 Å². The molecule has 24 heavy (non-hydrogen) atoms. The molecule has 1 N–H and O–H groups in total. The largest absolute Gasteiger partial charge is 0.497 e. The smallest absolute Gasteiger partial charge is 0.173 e. The molecule has 3 nitrogen and oxygen atoms in total. The zero-order valence-electron chi connectivity index (χ0n) is 14.7. The average molecular weight is 343 g/mol. The number of methoxy groups -OCH3 is 1. The van der Waals surface area contributed by atoms with E-state index in [9.17, 15) is 0 Å². The van der Waals surface area contributed by atoms with Crippen LogP contribution in [0.25, 0.3) is 0 Å². The SMILES string of the molecule is CCCCc1ccc(NC(=S)N(C)Cc2cccc(OC)c2)cc1. The number of benzene rings is 2. The van der Waals surface area contributed by atoms with Crippen molar-refractivity contribution in [1.29, 1.82) is 0 Å². The van der Waals surface area contributed by atoms with Crippen LogP contribution in [0.15, 0.2) is 48.5 Å². The molecule has 0 spiro atoms. The summed E-state index contributed by atoms with van der Waals surface area (Å²) in [5, 5.41) is 4.01. The Kier molecular flexibility index (Phi) is 7.07. The number of thiocarbonyl (C=S) groups is 1. The third-order valence-electron chi connectivity index (χ3n) is 3.92. The molecule has 0 atom stereocenters. The summed E-state index contributed by atoms with van der Waals surface area (Å²) in [5.74, 6) is 0.863. The quantitative estimate of drug-likeness (QED) is 0.726. The van der Waals surface area contributed by atoms with Gasteiger partial charge in [-0.15, -0.1) is 0 Å². The van der Waals surface area contributed by atoms with E-state index in [4.69, 9.17) is 17.0 Å². The summed E-state index contributed by atoms with van der Waals surface area (Å²) in [6.45, 7) is 2.95. The van der Waals surface area contributed by atoms with Gasteiger partial charge in [-0.1, -0.05) is 37.6 Å². The van der Waals surface area contributed by atoms with Gasteiger partial charge in [-0.2, -0.15) is 0 Å². The van der Waals surface area contributed by atoms with Gasteiger partial charge >= 0.3 is 0 Å². The molecule has 2 aromatic rings. The van der Waals surface area contributed by atoms with Gasteiger partial charge in [0.2, 0.25) is 0 Å². The number of anilines is 1. The maximum absolute atomic E-state index is 5.51. The van der Waals surface area contributed by atoms with Gasteiger partial charge in [0.25, 0.3) is 0 Å². The molecular formula is C20H26N2OS. The monoisotopic (exact) mass is 342 g/mol. The van der Waals surface area contributed by atoms with E-state index in [1.807, 2.05) is 30.1 Å². The van der Waals surface area contributed by atoms with E-state index in [2.05, 4.69) is 42.6 Å². The molecule has 2 aromatic carbocycles. The zero-order valence-corrected chi connectivity index (χ0v) is 15.5. The van der Waals surface area contributed by atoms with Crippen molar-refractivity contribution in [3.8, 4) is 5.75 Å². The highest BCUT2D eigenvalue weighted by atomic mass is 32.1. The minimum absolute atomic E-state index is 0.708. The summed E-state index contributed by atoms with van der Waals surface area (Å²) < 4.78 is 5.26. The van der Waals surface area contributed by atoms with E-state index in [0.717, 1.165) is 30.0 Å². The molecule has 0 saturated carbocycles. The van der Waals surface area contributed by atoms with Crippen LogP contribution in [-0.2, 0) is 13.0 Å². The summed E-state index contributed by atoms with van der Waals surface area (Å²) in [6, 6.07) is 16.6. The minimum atomic E-state index is 0.708. The Hall–Kier alpha value is -2.07. The van der Waals surface area contributed by atoms with E-state index in [1.165, 1.54) is 18.4 Å². The summed E-state index contributed by atoms with van der Waals surface area (Å²) in [6.07, 6.45) is 3.59. The van der Waals surface area contributed by atoms with Gasteiger partial charge in [0.1, 0.15) is 5.75 Å². The van der Waals surface area contributed by atoms with Crippen LogP contribution in [0.1, 0.15) is 30.9 Å². The van der Waals surface area contributed by atoms with Crippen LogP contribution in [0.3, 0.4) is 0 Å². The van der Waals surface area contributed by atoms with Crippen molar-refractivity contribution in [2.45, 2.75) is 32.7 Å². The second-order valence-corrected chi connectivity index (χ2v) is 6.32. The van der Waals surface area contributed by atoms with Crippen molar-refractivity contribution < 1.29 is 4.74 Å². The maximum Gasteiger partial charge on any atom is 0.173 e. The Morgan fingerprint density at radius 1 is 1.12 bits per heavy atom. The lowest BCUT2D eigenvalue weighted by molar-refractivity contribution is 0.413. The first-order chi connectivity index (χ1) is 11.6. The van der Waals surface area contributed by atoms with Crippen molar-refractivity contribution in [1.82, 2.24) is 4.90 Å². The Morgan fingerprint density at radius 2 is 1.88 bits per heavy atom. The molecule has 0 heterocycles. The maximum atomic E-state index is 5.51. The van der Waals surface area contributed by atoms with E-state index in [1.54, 1.807) is 7.11 Å². The fourth-order valence-electron chi connectivity index (χ4n) is 2.47. The van der Waals surface area contributed by atoms with Crippen LogP contribution >= 0.6 is 12.2 Å². The molecule has 0 unspecified atom stereocenters. The third-order valence-corrected chi connectivity index (χ3v) is 4.34. The average Bonchev–Trinajstić information content (AvgIpc) is 2.61. The molecule has 128 valence electrons. The lowest BCUT2D eigenvalue weighted by Crippen LogP contribution is -2.30. The lowest BCUT2D eigenvalue weighted by Gasteiger charge is -2.21. The molecule has 4 heteroatoms. The summed E-state index contributed by atoms with van der Waals surface area (Å²) in [7, 11) is 3.67. The van der Waals surface area contributed by atoms with Crippen molar-refractivity contribution in [3.05, 3.63) is 59.7 Å². The van der Waals surface area contributed by atoms with Gasteiger partial charge in [0.15, 0.2) is 5.11 Å². The number of aryl methyl sites for hydroxylation is 1. The number of hydrogen-bond acceptors (Lipinski definition) is 2. The predicted octanol–water partition coefficient (Wildman–Crippen LogP) is 4.87. The second-order valence-electron chi connectivity index (χ2n) is 5.94. The summed E-state index contributed by atoms with van der Waals surface area (Å²) in [4.78, 5) is 2.02. The van der Waals surface area contributed by atoms with Crippen LogP contribution in [0.5, 0.6) is 5.75 Å². The number of unbranched alkanes of at least 4 members (excludes halogenated alkanes) is 1. The Morgan fingerprint density at radius 3 is 2.54 bits per heavy atom. The molecule has 0 saturated heterocycles. The van der Waals surface area contributed by atoms with E-state index in [0.29, 0.717) is 5.11 Å². The number of nitrogens with one attached hydrogen (secondary N) is 1. The van der Waals surface area contributed by atoms with Gasteiger partial charge in [0, 0.05) is 19.3 Å². The molecule has 0 aliphatic carbocycles. The third kappa shape index (κ3) is 5.53. The molecule has 0 aliphatic rings. The first-order valence-corrected chi connectivity index (χ1v) is 8.77. The number of ether oxygens (including phenoxy) is 1. The lowest BCUT2D eigenvalue weighted by atomic mass is 10.1. The van der Waals surface area contributed by atoms with Gasteiger partial charge in [-0.05, 0) is 60.5 Å². The van der Waals surface area contributed by atoms with Crippen LogP contribution in [0.2, 0.25) is 0 Å². The normalized spacial score (nSPS) is 10.3. The van der Waals surface area contributed by atoms with E-state index < -0.39 is 0 Å². The van der Waals surface area contributed by atoms with Gasteiger partial charge in [-0.3, -0.25) is 0 Å². The van der Waals surface area contributed by atoms with Crippen molar-refractivity contribution in [3.63, 3.8) is 0 Å². The van der Waals surface area contributed by atoms with Crippen LogP contribution in [0, 0.1) is 0 Å². The second kappa shape index (κ2) is 9.28. The highest BCUT2D eigenvalue weighted by Crippen LogP contribution is 2.15. The van der Waals surface area contributed by atoms with Crippen LogP contribution < -0.4 is 10.1 Å². The van der Waals surface area contributed by atoms with E-state index >= 15 is 0 Å². The molecular weight excluding hydrogens is 316 g/mol. The van der Waals surface area contributed by atoms with Gasteiger partial charge < -0.3 is 15.0 Å².